The number of pyridine rings is 1. The van der Waals surface area contributed by atoms with Crippen LogP contribution in [0.4, 0.5) is 0 Å². The molecule has 0 unspecified atom stereocenters. The Balaban J connectivity index is 1.02. The van der Waals surface area contributed by atoms with E-state index in [2.05, 4.69) is 140 Å². The van der Waals surface area contributed by atoms with Gasteiger partial charge in [0.1, 0.15) is 11.3 Å². The number of fused-ring (bicyclic) bond motifs is 8. The summed E-state index contributed by atoms with van der Waals surface area (Å²) in [5, 5.41) is 5.58. The van der Waals surface area contributed by atoms with E-state index >= 15 is 0 Å². The van der Waals surface area contributed by atoms with Crippen LogP contribution in [0, 0.1) is 0 Å². The molecule has 60 heavy (non-hydrogen) atoms. The molecule has 280 valence electrons. The summed E-state index contributed by atoms with van der Waals surface area (Å²) in [6, 6.07) is 67.4. The van der Waals surface area contributed by atoms with Gasteiger partial charge < -0.3 is 4.42 Å². The molecular formula is C54H32N4OS. The highest BCUT2D eigenvalue weighted by atomic mass is 32.1. The number of nitrogens with zero attached hydrogens (tertiary/aromatic N) is 4. The van der Waals surface area contributed by atoms with Gasteiger partial charge in [0.2, 0.25) is 0 Å². The molecule has 12 rings (SSSR count). The van der Waals surface area contributed by atoms with Crippen LogP contribution >= 0.6 is 11.3 Å². The molecule has 0 bridgehead atoms. The molecule has 0 radical (unpaired) electrons. The third-order valence-electron chi connectivity index (χ3n) is 11.3. The van der Waals surface area contributed by atoms with Gasteiger partial charge in [0.25, 0.3) is 0 Å². The van der Waals surface area contributed by atoms with E-state index in [1.165, 1.54) is 26.6 Å². The number of hydrogen-bond acceptors (Lipinski definition) is 6. The van der Waals surface area contributed by atoms with Crippen LogP contribution in [-0.2, 0) is 0 Å². The number of aromatic nitrogens is 4. The second-order valence-corrected chi connectivity index (χ2v) is 16.0. The fourth-order valence-corrected chi connectivity index (χ4v) is 9.63. The molecule has 12 aromatic rings. The predicted molar refractivity (Wildman–Crippen MR) is 248 cm³/mol. The monoisotopic (exact) mass is 784 g/mol. The van der Waals surface area contributed by atoms with E-state index in [1.54, 1.807) is 11.3 Å². The highest BCUT2D eigenvalue weighted by Gasteiger charge is 2.21. The number of thiophene rings is 1. The molecule has 0 aliphatic rings. The van der Waals surface area contributed by atoms with Crippen LogP contribution in [0.2, 0.25) is 0 Å². The Morgan fingerprint density at radius 2 is 0.950 bits per heavy atom. The van der Waals surface area contributed by atoms with Crippen molar-refractivity contribution < 1.29 is 4.42 Å². The van der Waals surface area contributed by atoms with Crippen molar-refractivity contribution in [2.45, 2.75) is 0 Å². The predicted octanol–water partition coefficient (Wildman–Crippen LogP) is 14.7. The highest BCUT2D eigenvalue weighted by Crippen LogP contribution is 2.42. The summed E-state index contributed by atoms with van der Waals surface area (Å²) in [5.41, 5.74) is 11.5. The molecule has 0 aliphatic heterocycles. The van der Waals surface area contributed by atoms with Gasteiger partial charge in [0, 0.05) is 58.6 Å². The lowest BCUT2D eigenvalue weighted by atomic mass is 9.97. The van der Waals surface area contributed by atoms with Crippen molar-refractivity contribution in [3.8, 4) is 67.7 Å². The molecule has 4 heterocycles. The second kappa shape index (κ2) is 13.9. The molecule has 8 aromatic carbocycles. The molecular weight excluding hydrogens is 753 g/mol. The fraction of sp³-hybridized carbons (Fsp3) is 0. The Hall–Kier alpha value is -7.80. The molecule has 0 saturated carbocycles. The first kappa shape index (κ1) is 34.3. The standard InChI is InChI=1S/C54H32N4OS/c1-3-13-33(14-4-1)34-25-27-35(28-26-34)37-29-30-42-45(32-37)55-49(50-48(42)43-20-7-9-23-46(43)59-50)38-17-11-18-39(31-38)53-56-52(36-15-5-2-6-16-36)57-54(58-53)44-22-12-21-41-40-19-8-10-24-47(40)60-51(41)44/h1-32H. The SMILES string of the molecule is c1ccc(-c2ccc(-c3ccc4c(c3)nc(-c3cccc(-c5nc(-c6ccccc6)nc(-c6cccc7c6sc6ccccc67)n5)c3)c3oc5ccccc5c34)cc2)cc1. The van der Waals surface area contributed by atoms with Crippen molar-refractivity contribution in [3.05, 3.63) is 194 Å². The Morgan fingerprint density at radius 1 is 0.367 bits per heavy atom. The third-order valence-corrected chi connectivity index (χ3v) is 12.6. The van der Waals surface area contributed by atoms with Crippen LogP contribution < -0.4 is 0 Å². The Bertz CT molecular complexity index is 3600. The number of hydrogen-bond donors (Lipinski definition) is 0. The third kappa shape index (κ3) is 5.76. The van der Waals surface area contributed by atoms with Crippen LogP contribution in [0.1, 0.15) is 0 Å². The summed E-state index contributed by atoms with van der Waals surface area (Å²) in [6.07, 6.45) is 0. The summed E-state index contributed by atoms with van der Waals surface area (Å²) in [4.78, 5) is 20.8. The maximum atomic E-state index is 6.68. The maximum Gasteiger partial charge on any atom is 0.165 e. The molecule has 0 amide bonds. The molecule has 0 spiro atoms. The smallest absolute Gasteiger partial charge is 0.165 e. The Morgan fingerprint density at radius 3 is 1.77 bits per heavy atom. The fourth-order valence-electron chi connectivity index (χ4n) is 8.42. The lowest BCUT2D eigenvalue weighted by Gasteiger charge is -2.11. The zero-order chi connectivity index (χ0) is 39.6. The van der Waals surface area contributed by atoms with E-state index in [-0.39, 0.29) is 0 Å². The lowest BCUT2D eigenvalue weighted by Crippen LogP contribution is -2.00. The van der Waals surface area contributed by atoms with Gasteiger partial charge in [0.05, 0.1) is 5.52 Å². The Labute approximate surface area is 348 Å². The maximum absolute atomic E-state index is 6.68. The van der Waals surface area contributed by atoms with Crippen LogP contribution in [0.3, 0.4) is 0 Å². The lowest BCUT2D eigenvalue weighted by molar-refractivity contribution is 0.669. The minimum atomic E-state index is 0.585. The Kier molecular flexibility index (Phi) is 7.96. The molecule has 0 saturated heterocycles. The average molecular weight is 785 g/mol. The molecule has 0 atom stereocenters. The minimum Gasteiger partial charge on any atom is -0.454 e. The van der Waals surface area contributed by atoms with Gasteiger partial charge in [-0.15, -0.1) is 11.3 Å². The van der Waals surface area contributed by atoms with Crippen molar-refractivity contribution >= 4 is 64.4 Å². The summed E-state index contributed by atoms with van der Waals surface area (Å²) in [6.45, 7) is 0. The van der Waals surface area contributed by atoms with Gasteiger partial charge in [-0.25, -0.2) is 19.9 Å². The average Bonchev–Trinajstić information content (AvgIpc) is 3.91. The largest absolute Gasteiger partial charge is 0.454 e. The highest BCUT2D eigenvalue weighted by molar-refractivity contribution is 7.26. The number of para-hydroxylation sites is 1. The second-order valence-electron chi connectivity index (χ2n) is 15.0. The molecule has 4 aromatic heterocycles. The van der Waals surface area contributed by atoms with Gasteiger partial charge >= 0.3 is 0 Å². The summed E-state index contributed by atoms with van der Waals surface area (Å²) >= 11 is 1.77. The van der Waals surface area contributed by atoms with Crippen molar-refractivity contribution in [2.24, 2.45) is 0 Å². The number of benzene rings is 8. The first-order valence-corrected chi connectivity index (χ1v) is 20.8. The zero-order valence-electron chi connectivity index (χ0n) is 32.1. The van der Waals surface area contributed by atoms with E-state index in [9.17, 15) is 0 Å². The first-order chi connectivity index (χ1) is 29.7. The van der Waals surface area contributed by atoms with Crippen LogP contribution in [0.25, 0.3) is 121 Å². The van der Waals surface area contributed by atoms with Gasteiger partial charge in [0.15, 0.2) is 23.1 Å². The molecule has 5 nitrogen and oxygen atoms in total. The van der Waals surface area contributed by atoms with Crippen LogP contribution in [0.5, 0.6) is 0 Å². The summed E-state index contributed by atoms with van der Waals surface area (Å²) < 4.78 is 9.07. The molecule has 0 aliphatic carbocycles. The normalized spacial score (nSPS) is 11.7. The summed E-state index contributed by atoms with van der Waals surface area (Å²) in [7, 11) is 0. The van der Waals surface area contributed by atoms with Crippen LogP contribution in [-0.4, -0.2) is 19.9 Å². The van der Waals surface area contributed by atoms with Gasteiger partial charge in [-0.2, -0.15) is 0 Å². The van der Waals surface area contributed by atoms with E-state index in [0.29, 0.717) is 17.5 Å². The quantitative estimate of drug-likeness (QED) is 0.168. The van der Waals surface area contributed by atoms with E-state index in [4.69, 9.17) is 24.4 Å². The minimum absolute atomic E-state index is 0.585. The van der Waals surface area contributed by atoms with Gasteiger partial charge in [-0.05, 0) is 52.6 Å². The van der Waals surface area contributed by atoms with E-state index in [0.717, 1.165) is 76.6 Å². The number of rotatable bonds is 6. The molecule has 6 heteroatoms. The summed E-state index contributed by atoms with van der Waals surface area (Å²) in [5.74, 6) is 1.84. The van der Waals surface area contributed by atoms with Crippen molar-refractivity contribution in [1.82, 2.24) is 19.9 Å². The topological polar surface area (TPSA) is 64.7 Å². The zero-order valence-corrected chi connectivity index (χ0v) is 32.9. The first-order valence-electron chi connectivity index (χ1n) is 20.0. The van der Waals surface area contributed by atoms with Crippen LogP contribution in [0.15, 0.2) is 199 Å². The van der Waals surface area contributed by atoms with Gasteiger partial charge in [-0.3, -0.25) is 0 Å². The van der Waals surface area contributed by atoms with E-state index < -0.39 is 0 Å². The van der Waals surface area contributed by atoms with Gasteiger partial charge in [-0.1, -0.05) is 164 Å². The van der Waals surface area contributed by atoms with Crippen molar-refractivity contribution in [3.63, 3.8) is 0 Å². The molecule has 0 N–H and O–H groups in total. The molecule has 0 fully saturated rings. The van der Waals surface area contributed by atoms with E-state index in [1.807, 2.05) is 54.6 Å². The van der Waals surface area contributed by atoms with Crippen molar-refractivity contribution in [2.75, 3.05) is 0 Å². The number of furan rings is 1. The van der Waals surface area contributed by atoms with Crippen molar-refractivity contribution in [1.29, 1.82) is 0 Å².